The predicted molar refractivity (Wildman–Crippen MR) is 100 cm³/mol. The zero-order valence-corrected chi connectivity index (χ0v) is 16.1. The highest BCUT2D eigenvalue weighted by Crippen LogP contribution is 2.52. The van der Waals surface area contributed by atoms with Crippen LogP contribution in [0.4, 0.5) is 0 Å². The molecule has 2 aliphatic heterocycles. The molecule has 140 valence electrons. The Bertz CT molecular complexity index is 999. The second-order valence-corrected chi connectivity index (χ2v) is 8.88. The van der Waals surface area contributed by atoms with Gasteiger partial charge in [0.2, 0.25) is 11.8 Å². The highest BCUT2D eigenvalue weighted by Gasteiger charge is 2.55. The second-order valence-electron chi connectivity index (χ2n) is 6.27. The van der Waals surface area contributed by atoms with E-state index in [4.69, 9.17) is 16.7 Å². The number of aromatic nitrogens is 1. The number of imide groups is 1. The number of aromatic amines is 1. The number of H-pyrrole nitrogens is 1. The Kier molecular flexibility index (Phi) is 4.61. The van der Waals surface area contributed by atoms with Gasteiger partial charge in [0.15, 0.2) is 0 Å². The molecule has 1 fully saturated rings. The van der Waals surface area contributed by atoms with E-state index in [1.54, 1.807) is 24.3 Å². The van der Waals surface area contributed by atoms with Crippen LogP contribution in [-0.2, 0) is 14.4 Å². The van der Waals surface area contributed by atoms with Crippen LogP contribution in [0.2, 0.25) is 5.02 Å². The number of benzene rings is 1. The summed E-state index contributed by atoms with van der Waals surface area (Å²) in [5.41, 5.74) is 0.785. The first-order valence-corrected chi connectivity index (χ1v) is 10.2. The van der Waals surface area contributed by atoms with Crippen molar-refractivity contribution in [2.45, 2.75) is 22.6 Å². The lowest BCUT2D eigenvalue weighted by molar-refractivity contribution is -0.141. The molecule has 3 atom stereocenters. The molecular formula is C17H13ClN2O5S2. The number of likely N-dealkylation sites (tertiary alicyclic amines) is 1. The van der Waals surface area contributed by atoms with Crippen LogP contribution in [0.15, 0.2) is 34.1 Å². The minimum absolute atomic E-state index is 0.155. The van der Waals surface area contributed by atoms with Gasteiger partial charge in [-0.1, -0.05) is 46.8 Å². The number of carboxylic acids is 1. The van der Waals surface area contributed by atoms with Crippen LogP contribution in [0.25, 0.3) is 0 Å². The predicted octanol–water partition coefficient (Wildman–Crippen LogP) is 2.16. The van der Waals surface area contributed by atoms with Gasteiger partial charge in [0.25, 0.3) is 0 Å². The van der Waals surface area contributed by atoms with Crippen LogP contribution in [0.3, 0.4) is 0 Å². The molecule has 2 aromatic rings. The normalized spacial score (nSPS) is 24.0. The van der Waals surface area contributed by atoms with Crippen LogP contribution in [0, 0.1) is 5.92 Å². The first kappa shape index (κ1) is 18.3. The van der Waals surface area contributed by atoms with Crippen molar-refractivity contribution in [3.8, 4) is 0 Å². The van der Waals surface area contributed by atoms with Crippen LogP contribution in [0.1, 0.15) is 22.8 Å². The van der Waals surface area contributed by atoms with E-state index in [1.807, 2.05) is 0 Å². The molecule has 2 aliphatic rings. The van der Waals surface area contributed by atoms with Crippen molar-refractivity contribution in [1.82, 2.24) is 9.88 Å². The number of rotatable bonds is 4. The fourth-order valence-corrected chi connectivity index (χ4v) is 6.19. The maximum Gasteiger partial charge on any atom is 0.305 e. The summed E-state index contributed by atoms with van der Waals surface area (Å²) in [7, 11) is 0. The highest BCUT2D eigenvalue weighted by atomic mass is 35.5. The number of amides is 2. The fourth-order valence-electron chi connectivity index (χ4n) is 3.53. The second kappa shape index (κ2) is 6.81. The van der Waals surface area contributed by atoms with Crippen LogP contribution in [0.5, 0.6) is 0 Å². The molecule has 0 radical (unpaired) electrons. The van der Waals surface area contributed by atoms with Crippen molar-refractivity contribution in [2.75, 3.05) is 6.54 Å². The van der Waals surface area contributed by atoms with Gasteiger partial charge in [-0.2, -0.15) is 0 Å². The van der Waals surface area contributed by atoms with Crippen molar-refractivity contribution in [1.29, 1.82) is 0 Å². The third-order valence-electron chi connectivity index (χ3n) is 4.69. The van der Waals surface area contributed by atoms with E-state index in [-0.39, 0.29) is 17.8 Å². The van der Waals surface area contributed by atoms with E-state index in [0.717, 1.165) is 26.7 Å². The smallest absolute Gasteiger partial charge is 0.305 e. The molecule has 4 rings (SSSR count). The number of nitrogens with zero attached hydrogens (tertiary/aromatic N) is 1. The zero-order chi connectivity index (χ0) is 19.3. The Morgan fingerprint density at radius 2 is 1.89 bits per heavy atom. The van der Waals surface area contributed by atoms with Gasteiger partial charge in [-0.15, -0.1) is 0 Å². The number of carbonyl (C=O) groups excluding carboxylic acids is 2. The van der Waals surface area contributed by atoms with Gasteiger partial charge in [-0.3, -0.25) is 24.1 Å². The van der Waals surface area contributed by atoms with E-state index in [9.17, 15) is 19.2 Å². The lowest BCUT2D eigenvalue weighted by Crippen LogP contribution is -2.33. The van der Waals surface area contributed by atoms with E-state index in [1.165, 1.54) is 11.8 Å². The Balaban J connectivity index is 1.79. The quantitative estimate of drug-likeness (QED) is 0.728. The summed E-state index contributed by atoms with van der Waals surface area (Å²) < 4.78 is 0. The molecule has 2 amide bonds. The summed E-state index contributed by atoms with van der Waals surface area (Å²) in [6, 6.07) is 6.97. The van der Waals surface area contributed by atoms with Crippen molar-refractivity contribution in [3.63, 3.8) is 0 Å². The molecule has 0 unspecified atom stereocenters. The molecule has 7 nitrogen and oxygen atoms in total. The topological polar surface area (TPSA) is 108 Å². The van der Waals surface area contributed by atoms with Gasteiger partial charge in [-0.05, 0) is 17.7 Å². The summed E-state index contributed by atoms with van der Waals surface area (Å²) in [4.78, 5) is 52.8. The van der Waals surface area contributed by atoms with Gasteiger partial charge in [0.1, 0.15) is 5.25 Å². The van der Waals surface area contributed by atoms with Crippen molar-refractivity contribution >= 4 is 52.5 Å². The Morgan fingerprint density at radius 1 is 1.19 bits per heavy atom. The Hall–Kier alpha value is -2.10. The molecule has 27 heavy (non-hydrogen) atoms. The van der Waals surface area contributed by atoms with Gasteiger partial charge in [-0.25, -0.2) is 0 Å². The molecule has 0 saturated carbocycles. The molecule has 0 aliphatic carbocycles. The largest absolute Gasteiger partial charge is 0.481 e. The number of hydrogen-bond donors (Lipinski definition) is 2. The van der Waals surface area contributed by atoms with E-state index in [0.29, 0.717) is 10.0 Å². The van der Waals surface area contributed by atoms with Crippen molar-refractivity contribution in [3.05, 3.63) is 49.4 Å². The van der Waals surface area contributed by atoms with Crippen molar-refractivity contribution in [2.24, 2.45) is 5.92 Å². The average molecular weight is 425 g/mol. The molecule has 1 aromatic carbocycles. The Labute approximate surface area is 166 Å². The maximum absolute atomic E-state index is 13.0. The fraction of sp³-hybridized carbons (Fsp3) is 0.294. The zero-order valence-electron chi connectivity index (χ0n) is 13.7. The van der Waals surface area contributed by atoms with Crippen LogP contribution >= 0.6 is 34.7 Å². The third-order valence-corrected chi connectivity index (χ3v) is 7.35. The van der Waals surface area contributed by atoms with Gasteiger partial charge >= 0.3 is 10.8 Å². The summed E-state index contributed by atoms with van der Waals surface area (Å²) in [5, 5.41) is 9.34. The summed E-state index contributed by atoms with van der Waals surface area (Å²) >= 11 is 8.17. The number of carbonyl (C=O) groups is 3. The van der Waals surface area contributed by atoms with E-state index in [2.05, 4.69) is 4.98 Å². The number of halogens is 1. The summed E-state index contributed by atoms with van der Waals surface area (Å²) in [6.45, 7) is -0.155. The lowest BCUT2D eigenvalue weighted by Gasteiger charge is -2.29. The van der Waals surface area contributed by atoms with Crippen LogP contribution in [-0.4, -0.2) is 44.6 Å². The van der Waals surface area contributed by atoms with Gasteiger partial charge in [0, 0.05) is 22.4 Å². The third kappa shape index (κ3) is 3.09. The molecule has 0 spiro atoms. The standard InChI is InChI=1S/C17H13ClN2O5S2/c18-8-3-1-7(2-4-8)10-11-13(26-14-12(10)27-17(25)19-14)16(24)20(15(11)23)6-5-9(21)22/h1-4,10-11,13H,5-6H2,(H,19,25)(H,21,22)/t10-,11+,13+/m0/s1. The number of thiazole rings is 1. The molecule has 2 N–H and O–H groups in total. The average Bonchev–Trinajstić information content (AvgIpc) is 3.10. The number of nitrogens with one attached hydrogen (secondary N) is 1. The van der Waals surface area contributed by atoms with Gasteiger partial charge < -0.3 is 10.1 Å². The first-order chi connectivity index (χ1) is 12.9. The minimum Gasteiger partial charge on any atom is -0.481 e. The molecule has 3 heterocycles. The molecule has 10 heteroatoms. The SMILES string of the molecule is O=C(O)CCN1C(=O)[C@@H]2[C@H](c3ccc(Cl)cc3)c3sc(=O)[nH]c3S[C@H]2C1=O. The Morgan fingerprint density at radius 3 is 2.56 bits per heavy atom. The molecule has 1 saturated heterocycles. The number of thioether (sulfide) groups is 1. The molecular weight excluding hydrogens is 412 g/mol. The van der Waals surface area contributed by atoms with E-state index >= 15 is 0 Å². The molecule has 0 bridgehead atoms. The van der Waals surface area contributed by atoms with E-state index < -0.39 is 34.9 Å². The minimum atomic E-state index is -1.07. The number of aliphatic carboxylic acids is 1. The summed E-state index contributed by atoms with van der Waals surface area (Å²) in [5.74, 6) is -3.02. The highest BCUT2D eigenvalue weighted by molar-refractivity contribution is 8.00. The van der Waals surface area contributed by atoms with Crippen LogP contribution < -0.4 is 4.87 Å². The number of fused-ring (bicyclic) bond motifs is 2. The maximum atomic E-state index is 13.0. The number of carboxylic acid groups (broad SMARTS) is 1. The monoisotopic (exact) mass is 424 g/mol. The molecule has 1 aromatic heterocycles. The summed E-state index contributed by atoms with van der Waals surface area (Å²) in [6.07, 6.45) is -0.300. The van der Waals surface area contributed by atoms with Gasteiger partial charge in [0.05, 0.1) is 17.4 Å². The van der Waals surface area contributed by atoms with Crippen molar-refractivity contribution < 1.29 is 19.5 Å². The first-order valence-electron chi connectivity index (χ1n) is 8.09. The lowest BCUT2D eigenvalue weighted by atomic mass is 9.83. The number of hydrogen-bond acceptors (Lipinski definition) is 6.